The number of rotatable bonds is 7. The second kappa shape index (κ2) is 10.8. The first-order chi connectivity index (χ1) is 16.9. The van der Waals surface area contributed by atoms with Gasteiger partial charge in [0.25, 0.3) is 11.8 Å². The molecule has 35 heavy (non-hydrogen) atoms. The average molecular weight is 505 g/mol. The largest absolute Gasteiger partial charge is 0.493 e. The summed E-state index contributed by atoms with van der Waals surface area (Å²) in [5, 5.41) is 2.77. The smallest absolute Gasteiger partial charge is 0.270 e. The van der Waals surface area contributed by atoms with Crippen LogP contribution in [0.15, 0.2) is 71.6 Å². The third-order valence-electron chi connectivity index (χ3n) is 5.44. The molecule has 0 radical (unpaired) electrons. The molecule has 0 bridgehead atoms. The third-order valence-corrected chi connectivity index (χ3v) is 6.75. The molecule has 8 heteroatoms. The van der Waals surface area contributed by atoms with E-state index in [1.807, 2.05) is 50.2 Å². The summed E-state index contributed by atoms with van der Waals surface area (Å²) in [6, 6.07) is 20.3. The van der Waals surface area contributed by atoms with E-state index < -0.39 is 0 Å². The normalized spacial score (nSPS) is 14.4. The lowest BCUT2D eigenvalue weighted by Gasteiger charge is -2.16. The molecule has 1 N–H and O–H groups in total. The number of ether oxygens (including phenoxy) is 2. The molecular formula is C27H24N2O4S2. The number of benzene rings is 3. The van der Waals surface area contributed by atoms with Crippen molar-refractivity contribution in [2.45, 2.75) is 13.8 Å². The van der Waals surface area contributed by atoms with E-state index in [-0.39, 0.29) is 18.4 Å². The fourth-order valence-corrected chi connectivity index (χ4v) is 4.76. The number of methoxy groups -OCH3 is 1. The van der Waals surface area contributed by atoms with Crippen molar-refractivity contribution in [1.82, 2.24) is 0 Å². The van der Waals surface area contributed by atoms with Gasteiger partial charge in [-0.1, -0.05) is 54.3 Å². The van der Waals surface area contributed by atoms with E-state index in [2.05, 4.69) is 5.32 Å². The Hall–Kier alpha value is -3.62. The molecular weight excluding hydrogens is 480 g/mol. The minimum atomic E-state index is -0.280. The van der Waals surface area contributed by atoms with Crippen LogP contribution in [0, 0.1) is 13.8 Å². The molecule has 0 aromatic heterocycles. The summed E-state index contributed by atoms with van der Waals surface area (Å²) in [7, 11) is 1.52. The Morgan fingerprint density at radius 3 is 2.51 bits per heavy atom. The lowest BCUT2D eigenvalue weighted by Crippen LogP contribution is -2.27. The molecule has 1 fully saturated rings. The van der Waals surface area contributed by atoms with Gasteiger partial charge in [0.1, 0.15) is 0 Å². The summed E-state index contributed by atoms with van der Waals surface area (Å²) in [6.07, 6.45) is 1.77. The van der Waals surface area contributed by atoms with E-state index in [1.54, 1.807) is 41.3 Å². The number of thioether (sulfide) groups is 1. The highest BCUT2D eigenvalue weighted by Gasteiger charge is 2.33. The van der Waals surface area contributed by atoms with E-state index in [4.69, 9.17) is 21.7 Å². The minimum absolute atomic E-state index is 0.167. The van der Waals surface area contributed by atoms with Crippen LogP contribution in [-0.4, -0.2) is 29.9 Å². The molecule has 2 amide bonds. The molecule has 1 saturated heterocycles. The molecule has 0 unspecified atom stereocenters. The summed E-state index contributed by atoms with van der Waals surface area (Å²) in [6.45, 7) is 3.87. The van der Waals surface area contributed by atoms with Gasteiger partial charge in [-0.25, -0.2) is 0 Å². The van der Waals surface area contributed by atoms with Crippen LogP contribution in [0.3, 0.4) is 0 Å². The second-order valence-corrected chi connectivity index (χ2v) is 9.57. The Morgan fingerprint density at radius 1 is 1.03 bits per heavy atom. The van der Waals surface area contributed by atoms with Gasteiger partial charge in [0, 0.05) is 5.69 Å². The van der Waals surface area contributed by atoms with Crippen molar-refractivity contribution in [1.29, 1.82) is 0 Å². The number of amides is 2. The summed E-state index contributed by atoms with van der Waals surface area (Å²) >= 11 is 6.75. The number of carbonyl (C=O) groups is 2. The number of para-hydroxylation sites is 1. The highest BCUT2D eigenvalue weighted by atomic mass is 32.2. The lowest BCUT2D eigenvalue weighted by atomic mass is 10.1. The van der Waals surface area contributed by atoms with Gasteiger partial charge < -0.3 is 14.8 Å². The number of anilines is 2. The third kappa shape index (κ3) is 5.72. The predicted molar refractivity (Wildman–Crippen MR) is 145 cm³/mol. The molecule has 178 valence electrons. The van der Waals surface area contributed by atoms with Gasteiger partial charge in [0.05, 0.1) is 17.7 Å². The van der Waals surface area contributed by atoms with Gasteiger partial charge in [-0.15, -0.1) is 0 Å². The van der Waals surface area contributed by atoms with Crippen LogP contribution in [0.25, 0.3) is 6.08 Å². The van der Waals surface area contributed by atoms with Crippen molar-refractivity contribution < 1.29 is 19.1 Å². The zero-order valence-corrected chi connectivity index (χ0v) is 21.2. The number of hydrogen-bond donors (Lipinski definition) is 1. The number of aryl methyl sites for hydroxylation is 2. The first-order valence-corrected chi connectivity index (χ1v) is 12.1. The Labute approximate surface area is 213 Å². The standard InChI is InChI=1S/C27H24N2O4S2/c1-17-9-11-21(13-18(17)2)29-26(31)24(35-27(29)34)15-19-10-12-22(23(14-19)32-3)33-16-25(30)28-20-7-5-4-6-8-20/h4-15H,16H2,1-3H3,(H,28,30)/b24-15+. The van der Waals surface area contributed by atoms with Gasteiger partial charge in [-0.2, -0.15) is 0 Å². The van der Waals surface area contributed by atoms with Crippen LogP contribution in [0.2, 0.25) is 0 Å². The van der Waals surface area contributed by atoms with Crippen LogP contribution in [0.4, 0.5) is 11.4 Å². The molecule has 6 nitrogen and oxygen atoms in total. The Kier molecular flexibility index (Phi) is 7.53. The Balaban J connectivity index is 1.47. The number of hydrogen-bond acceptors (Lipinski definition) is 6. The quantitative estimate of drug-likeness (QED) is 0.327. The molecule has 1 aliphatic rings. The van der Waals surface area contributed by atoms with E-state index in [1.165, 1.54) is 18.9 Å². The van der Waals surface area contributed by atoms with Crippen molar-refractivity contribution in [3.63, 3.8) is 0 Å². The monoisotopic (exact) mass is 504 g/mol. The van der Waals surface area contributed by atoms with Gasteiger partial charge >= 0.3 is 0 Å². The minimum Gasteiger partial charge on any atom is -0.493 e. The highest BCUT2D eigenvalue weighted by molar-refractivity contribution is 8.27. The number of thiocarbonyl (C=S) groups is 1. The fourth-order valence-electron chi connectivity index (χ4n) is 3.46. The molecule has 1 heterocycles. The first kappa shape index (κ1) is 24.5. The maximum absolute atomic E-state index is 13.1. The zero-order valence-electron chi connectivity index (χ0n) is 19.5. The van der Waals surface area contributed by atoms with Crippen LogP contribution < -0.4 is 19.7 Å². The molecule has 3 aromatic carbocycles. The van der Waals surface area contributed by atoms with Crippen molar-refractivity contribution in [2.75, 3.05) is 23.9 Å². The summed E-state index contributed by atoms with van der Waals surface area (Å²) in [5.41, 5.74) is 4.46. The van der Waals surface area contributed by atoms with Crippen LogP contribution in [0.5, 0.6) is 11.5 Å². The molecule has 0 spiro atoms. The van der Waals surface area contributed by atoms with Crippen molar-refractivity contribution in [3.8, 4) is 11.5 Å². The number of nitrogens with zero attached hydrogens (tertiary/aromatic N) is 1. The fraction of sp³-hybridized carbons (Fsp3) is 0.148. The van der Waals surface area contributed by atoms with E-state index >= 15 is 0 Å². The van der Waals surface area contributed by atoms with E-state index in [0.29, 0.717) is 26.4 Å². The van der Waals surface area contributed by atoms with E-state index in [0.717, 1.165) is 22.4 Å². The maximum Gasteiger partial charge on any atom is 0.270 e. The molecule has 4 rings (SSSR count). The van der Waals surface area contributed by atoms with Crippen molar-refractivity contribution in [3.05, 3.63) is 88.3 Å². The topological polar surface area (TPSA) is 67.9 Å². The second-order valence-electron chi connectivity index (χ2n) is 7.90. The van der Waals surface area contributed by atoms with Crippen LogP contribution in [-0.2, 0) is 9.59 Å². The number of nitrogens with one attached hydrogen (secondary N) is 1. The van der Waals surface area contributed by atoms with Gasteiger partial charge in [0.15, 0.2) is 22.4 Å². The molecule has 0 atom stereocenters. The Morgan fingerprint density at radius 2 is 1.80 bits per heavy atom. The summed E-state index contributed by atoms with van der Waals surface area (Å²) in [4.78, 5) is 27.4. The van der Waals surface area contributed by atoms with Gasteiger partial charge in [0.2, 0.25) is 0 Å². The van der Waals surface area contributed by atoms with Crippen molar-refractivity contribution >= 4 is 57.6 Å². The van der Waals surface area contributed by atoms with E-state index in [9.17, 15) is 9.59 Å². The maximum atomic E-state index is 13.1. The molecule has 0 aliphatic carbocycles. The average Bonchev–Trinajstić information content (AvgIpc) is 3.13. The lowest BCUT2D eigenvalue weighted by molar-refractivity contribution is -0.118. The van der Waals surface area contributed by atoms with Gasteiger partial charge in [-0.3, -0.25) is 14.5 Å². The molecule has 0 saturated carbocycles. The SMILES string of the molecule is COc1cc(/C=C2/SC(=S)N(c3ccc(C)c(C)c3)C2=O)ccc1OCC(=O)Nc1ccccc1. The number of carbonyl (C=O) groups excluding carboxylic acids is 2. The highest BCUT2D eigenvalue weighted by Crippen LogP contribution is 2.37. The molecule has 1 aliphatic heterocycles. The summed E-state index contributed by atoms with van der Waals surface area (Å²) < 4.78 is 11.6. The van der Waals surface area contributed by atoms with Gasteiger partial charge in [-0.05, 0) is 73.0 Å². The first-order valence-electron chi connectivity index (χ1n) is 10.9. The van der Waals surface area contributed by atoms with Crippen molar-refractivity contribution in [2.24, 2.45) is 0 Å². The zero-order chi connectivity index (χ0) is 24.9. The van der Waals surface area contributed by atoms with Crippen LogP contribution >= 0.6 is 24.0 Å². The molecule has 3 aromatic rings. The summed E-state index contributed by atoms with van der Waals surface area (Å²) in [5.74, 6) is 0.434. The predicted octanol–water partition coefficient (Wildman–Crippen LogP) is 5.74. The van der Waals surface area contributed by atoms with Crippen LogP contribution in [0.1, 0.15) is 16.7 Å². The Bertz CT molecular complexity index is 1320.